The number of hydrogen-bond donors (Lipinski definition) is 0. The third-order valence-electron chi connectivity index (χ3n) is 9.47. The van der Waals surface area contributed by atoms with Crippen molar-refractivity contribution in [2.45, 2.75) is 160 Å². The van der Waals surface area contributed by atoms with Crippen molar-refractivity contribution in [3.05, 3.63) is 0 Å². The van der Waals surface area contributed by atoms with Gasteiger partial charge in [-0.2, -0.15) is 0 Å². The normalized spacial score (nSPS) is 19.0. The molecule has 0 aliphatic rings. The molecule has 0 saturated heterocycles. The molecule has 0 aromatic heterocycles. The zero-order valence-corrected chi connectivity index (χ0v) is 24.7. The van der Waals surface area contributed by atoms with E-state index < -0.39 is 0 Å². The predicted octanol–water partition coefficient (Wildman–Crippen LogP) is 11.6. The Kier molecular flexibility index (Phi) is 17.4. The summed E-state index contributed by atoms with van der Waals surface area (Å²) in [4.78, 5) is 0. The van der Waals surface area contributed by atoms with Crippen LogP contribution >= 0.6 is 0 Å². The largest absolute Gasteiger partial charge is 0.0649 e. The molecule has 0 rings (SSSR count). The molecule has 0 aromatic carbocycles. The van der Waals surface area contributed by atoms with Gasteiger partial charge in [0, 0.05) is 0 Å². The van der Waals surface area contributed by atoms with Gasteiger partial charge in [-0.1, -0.05) is 147 Å². The first-order chi connectivity index (χ1) is 14.9. The van der Waals surface area contributed by atoms with Crippen LogP contribution in [0.15, 0.2) is 0 Å². The monoisotopic (exact) mass is 451 g/mol. The molecule has 0 fully saturated rings. The van der Waals surface area contributed by atoms with Crippen LogP contribution in [-0.2, 0) is 0 Å². The SMILES string of the molecule is CC[C@](C)(CCC[C@H](C)CC[C@H](C)C(C)C)CC[C@H](C)CCC[C@H](C)CC[C@H](C)C(C)C. The average molecular weight is 451 g/mol. The molecule has 0 unspecified atom stereocenters. The van der Waals surface area contributed by atoms with Crippen molar-refractivity contribution in [1.82, 2.24) is 0 Å². The van der Waals surface area contributed by atoms with Crippen LogP contribution < -0.4 is 0 Å². The van der Waals surface area contributed by atoms with Crippen molar-refractivity contribution in [2.24, 2.45) is 46.8 Å². The predicted molar refractivity (Wildman–Crippen MR) is 149 cm³/mol. The van der Waals surface area contributed by atoms with Crippen LogP contribution in [0.4, 0.5) is 0 Å². The molecule has 194 valence electrons. The number of hydrogen-bond acceptors (Lipinski definition) is 0. The van der Waals surface area contributed by atoms with Crippen LogP contribution in [0, 0.1) is 46.8 Å². The average Bonchev–Trinajstić information content (AvgIpc) is 2.74. The van der Waals surface area contributed by atoms with Crippen molar-refractivity contribution in [3.63, 3.8) is 0 Å². The molecule has 0 bridgehead atoms. The summed E-state index contributed by atoms with van der Waals surface area (Å²) in [5.74, 6) is 6.16. The molecule has 0 heterocycles. The van der Waals surface area contributed by atoms with Crippen LogP contribution in [-0.4, -0.2) is 0 Å². The molecule has 0 heteroatoms. The summed E-state index contributed by atoms with van der Waals surface area (Å²) in [6.07, 6.45) is 18.5. The fourth-order valence-corrected chi connectivity index (χ4v) is 4.96. The minimum atomic E-state index is 0.569. The molecular weight excluding hydrogens is 384 g/mol. The molecule has 0 aromatic rings. The molecule has 0 saturated carbocycles. The molecule has 0 spiro atoms. The minimum absolute atomic E-state index is 0.569. The summed E-state index contributed by atoms with van der Waals surface area (Å²) >= 11 is 0. The van der Waals surface area contributed by atoms with Crippen LogP contribution in [0.1, 0.15) is 160 Å². The lowest BCUT2D eigenvalue weighted by molar-refractivity contribution is 0.219. The van der Waals surface area contributed by atoms with Crippen LogP contribution in [0.25, 0.3) is 0 Å². The zero-order valence-electron chi connectivity index (χ0n) is 24.7. The van der Waals surface area contributed by atoms with E-state index in [-0.39, 0.29) is 0 Å². The lowest BCUT2D eigenvalue weighted by atomic mass is 9.75. The third kappa shape index (κ3) is 15.8. The van der Waals surface area contributed by atoms with Gasteiger partial charge in [-0.3, -0.25) is 0 Å². The Balaban J connectivity index is 4.06. The highest BCUT2D eigenvalue weighted by atomic mass is 14.3. The smallest absolute Gasteiger partial charge is 0.0328 e. The highest BCUT2D eigenvalue weighted by Gasteiger charge is 2.23. The first kappa shape index (κ1) is 32.0. The molecule has 0 radical (unpaired) electrons. The van der Waals surface area contributed by atoms with E-state index in [0.29, 0.717) is 5.41 Å². The van der Waals surface area contributed by atoms with Crippen molar-refractivity contribution < 1.29 is 0 Å². The third-order valence-corrected chi connectivity index (χ3v) is 9.47. The lowest BCUT2D eigenvalue weighted by Gasteiger charge is -2.30. The van der Waals surface area contributed by atoms with Gasteiger partial charge < -0.3 is 0 Å². The molecule has 0 aliphatic carbocycles. The molecule has 0 N–H and O–H groups in total. The highest BCUT2D eigenvalue weighted by molar-refractivity contribution is 4.75. The zero-order chi connectivity index (χ0) is 24.7. The van der Waals surface area contributed by atoms with E-state index in [1.165, 1.54) is 83.5 Å². The fraction of sp³-hybridized carbons (Fsp3) is 1.00. The quantitative estimate of drug-likeness (QED) is 0.173. The van der Waals surface area contributed by atoms with Gasteiger partial charge in [-0.05, 0) is 59.7 Å². The Labute approximate surface area is 206 Å². The van der Waals surface area contributed by atoms with Crippen molar-refractivity contribution in [2.75, 3.05) is 0 Å². The van der Waals surface area contributed by atoms with Crippen molar-refractivity contribution >= 4 is 0 Å². The summed E-state index contributed by atoms with van der Waals surface area (Å²) in [6.45, 7) is 26.8. The van der Waals surface area contributed by atoms with E-state index >= 15 is 0 Å². The van der Waals surface area contributed by atoms with Crippen LogP contribution in [0.5, 0.6) is 0 Å². The van der Waals surface area contributed by atoms with Gasteiger partial charge >= 0.3 is 0 Å². The first-order valence-corrected chi connectivity index (χ1v) is 14.9. The van der Waals surface area contributed by atoms with Crippen molar-refractivity contribution in [3.8, 4) is 0 Å². The fourth-order valence-electron chi connectivity index (χ4n) is 4.96. The van der Waals surface area contributed by atoms with Crippen LogP contribution in [0.3, 0.4) is 0 Å². The van der Waals surface area contributed by atoms with Gasteiger partial charge in [0.15, 0.2) is 0 Å². The Hall–Kier alpha value is 0. The second kappa shape index (κ2) is 17.4. The standard InChI is InChI=1S/C32H66/c1-12-32(11,23-14-17-28(7)19-21-31(10)26(4)5)24-22-29(8)16-13-15-27(6)18-20-30(9)25(2)3/h25-31H,12-24H2,1-11H3/t27-,28-,29+,30-,31-,32+/m0/s1. The second-order valence-corrected chi connectivity index (χ2v) is 13.4. The Morgan fingerprint density at radius 2 is 0.875 bits per heavy atom. The summed E-state index contributed by atoms with van der Waals surface area (Å²) < 4.78 is 0. The van der Waals surface area contributed by atoms with E-state index in [4.69, 9.17) is 0 Å². The Bertz CT molecular complexity index is 422. The summed E-state index contributed by atoms with van der Waals surface area (Å²) in [5, 5.41) is 0. The molecule has 0 nitrogen and oxygen atoms in total. The minimum Gasteiger partial charge on any atom is -0.0649 e. The van der Waals surface area contributed by atoms with E-state index in [0.717, 1.165) is 41.4 Å². The van der Waals surface area contributed by atoms with Gasteiger partial charge in [-0.25, -0.2) is 0 Å². The Morgan fingerprint density at radius 3 is 1.28 bits per heavy atom. The molecule has 32 heavy (non-hydrogen) atoms. The highest BCUT2D eigenvalue weighted by Crippen LogP contribution is 2.36. The van der Waals surface area contributed by atoms with E-state index in [1.807, 2.05) is 0 Å². The van der Waals surface area contributed by atoms with Gasteiger partial charge in [-0.15, -0.1) is 0 Å². The van der Waals surface area contributed by atoms with Crippen molar-refractivity contribution in [1.29, 1.82) is 0 Å². The molecule has 0 aliphatic heterocycles. The summed E-state index contributed by atoms with van der Waals surface area (Å²) in [7, 11) is 0. The molecule has 0 amide bonds. The lowest BCUT2D eigenvalue weighted by Crippen LogP contribution is -2.17. The van der Waals surface area contributed by atoms with E-state index in [2.05, 4.69) is 76.2 Å². The maximum Gasteiger partial charge on any atom is -0.0328 e. The van der Waals surface area contributed by atoms with Gasteiger partial charge in [0.05, 0.1) is 0 Å². The molecular formula is C32H66. The van der Waals surface area contributed by atoms with E-state index in [9.17, 15) is 0 Å². The summed E-state index contributed by atoms with van der Waals surface area (Å²) in [6, 6.07) is 0. The molecule has 6 atom stereocenters. The van der Waals surface area contributed by atoms with Gasteiger partial charge in [0.2, 0.25) is 0 Å². The van der Waals surface area contributed by atoms with Gasteiger partial charge in [0.1, 0.15) is 0 Å². The maximum atomic E-state index is 2.57. The first-order valence-electron chi connectivity index (χ1n) is 14.9. The van der Waals surface area contributed by atoms with Crippen LogP contribution in [0.2, 0.25) is 0 Å². The maximum absolute atomic E-state index is 2.57. The van der Waals surface area contributed by atoms with Gasteiger partial charge in [0.25, 0.3) is 0 Å². The van der Waals surface area contributed by atoms with E-state index in [1.54, 1.807) is 0 Å². The summed E-state index contributed by atoms with van der Waals surface area (Å²) in [5.41, 5.74) is 0.569. The Morgan fingerprint density at radius 1 is 0.469 bits per heavy atom. The topological polar surface area (TPSA) is 0 Å². The second-order valence-electron chi connectivity index (χ2n) is 13.4. The number of rotatable bonds is 20.